The molecular formula is C12H15Cl. The minimum absolute atomic E-state index is 0.795. The normalized spacial score (nSPS) is 17.1. The predicted molar refractivity (Wildman–Crippen MR) is 57.4 cm³/mol. The molecule has 1 aliphatic rings. The van der Waals surface area contributed by atoms with Crippen LogP contribution < -0.4 is 0 Å². The maximum atomic E-state index is 6.05. The van der Waals surface area contributed by atoms with Crippen molar-refractivity contribution in [3.05, 3.63) is 34.3 Å². The first-order chi connectivity index (χ1) is 6.29. The van der Waals surface area contributed by atoms with E-state index in [0.29, 0.717) is 0 Å². The minimum atomic E-state index is 0.795. The van der Waals surface area contributed by atoms with Crippen LogP contribution in [0.3, 0.4) is 0 Å². The second-order valence-corrected chi connectivity index (χ2v) is 4.31. The average Bonchev–Trinajstić information content (AvgIpc) is 2.00. The first-order valence-corrected chi connectivity index (χ1v) is 5.46. The molecule has 1 aromatic rings. The van der Waals surface area contributed by atoms with E-state index >= 15 is 0 Å². The van der Waals surface area contributed by atoms with Crippen LogP contribution in [0.4, 0.5) is 0 Å². The molecule has 13 heavy (non-hydrogen) atoms. The van der Waals surface area contributed by atoms with E-state index in [0.717, 1.165) is 17.4 Å². The van der Waals surface area contributed by atoms with Crippen molar-refractivity contribution in [1.29, 1.82) is 0 Å². The van der Waals surface area contributed by atoms with Gasteiger partial charge >= 0.3 is 0 Å². The van der Waals surface area contributed by atoms with Crippen molar-refractivity contribution in [3.8, 4) is 0 Å². The van der Waals surface area contributed by atoms with Crippen LogP contribution in [0.1, 0.15) is 43.2 Å². The molecule has 0 amide bonds. The zero-order valence-corrected chi connectivity index (χ0v) is 8.77. The van der Waals surface area contributed by atoms with Crippen molar-refractivity contribution in [1.82, 2.24) is 0 Å². The zero-order chi connectivity index (χ0) is 9.26. The Bertz CT molecular complexity index is 300. The highest BCUT2D eigenvalue weighted by Crippen LogP contribution is 2.37. The van der Waals surface area contributed by atoms with Crippen LogP contribution in [0, 0.1) is 0 Å². The monoisotopic (exact) mass is 194 g/mol. The lowest BCUT2D eigenvalue weighted by molar-refractivity contribution is 0.419. The largest absolute Gasteiger partial charge is 0.0843 e. The van der Waals surface area contributed by atoms with Crippen LogP contribution in [0.25, 0.3) is 0 Å². The van der Waals surface area contributed by atoms with Gasteiger partial charge in [0.1, 0.15) is 0 Å². The number of benzene rings is 1. The molecular weight excluding hydrogens is 180 g/mol. The van der Waals surface area contributed by atoms with Gasteiger partial charge in [0.05, 0.1) is 0 Å². The fraction of sp³-hybridized carbons (Fsp3) is 0.500. The summed E-state index contributed by atoms with van der Waals surface area (Å²) in [4.78, 5) is 0. The summed E-state index contributed by atoms with van der Waals surface area (Å²) in [6, 6.07) is 6.52. The van der Waals surface area contributed by atoms with Gasteiger partial charge in [0, 0.05) is 5.02 Å². The second kappa shape index (κ2) is 3.71. The summed E-state index contributed by atoms with van der Waals surface area (Å²) < 4.78 is 0. The molecule has 0 bridgehead atoms. The molecule has 0 unspecified atom stereocenters. The summed E-state index contributed by atoms with van der Waals surface area (Å²) in [5, 5.41) is 0.904. The lowest BCUT2D eigenvalue weighted by Crippen LogP contribution is -2.08. The van der Waals surface area contributed by atoms with Crippen LogP contribution in [0.15, 0.2) is 18.2 Å². The molecule has 70 valence electrons. The summed E-state index contributed by atoms with van der Waals surface area (Å²) in [6.07, 6.45) is 5.17. The first-order valence-electron chi connectivity index (χ1n) is 5.09. The molecule has 1 aliphatic carbocycles. The summed E-state index contributed by atoms with van der Waals surface area (Å²) in [6.45, 7) is 2.18. The maximum absolute atomic E-state index is 6.05. The fourth-order valence-corrected chi connectivity index (χ4v) is 2.12. The van der Waals surface area contributed by atoms with Crippen molar-refractivity contribution in [2.24, 2.45) is 0 Å². The summed E-state index contributed by atoms with van der Waals surface area (Å²) in [7, 11) is 0. The smallest absolute Gasteiger partial charge is 0.0411 e. The topological polar surface area (TPSA) is 0 Å². The SMILES string of the molecule is CCc1cc(Cl)cc(C2CCC2)c1. The molecule has 1 aromatic carbocycles. The van der Waals surface area contributed by atoms with E-state index in [1.165, 1.54) is 30.4 Å². The quantitative estimate of drug-likeness (QED) is 0.663. The Labute approximate surface area is 84.9 Å². The molecule has 0 nitrogen and oxygen atoms in total. The fourth-order valence-electron chi connectivity index (χ4n) is 1.86. The number of aryl methyl sites for hydroxylation is 1. The molecule has 0 aliphatic heterocycles. The van der Waals surface area contributed by atoms with Gasteiger partial charge in [-0.25, -0.2) is 0 Å². The van der Waals surface area contributed by atoms with E-state index in [-0.39, 0.29) is 0 Å². The molecule has 0 spiro atoms. The number of hydrogen-bond donors (Lipinski definition) is 0. The van der Waals surface area contributed by atoms with Crippen LogP contribution in [-0.2, 0) is 6.42 Å². The number of hydrogen-bond acceptors (Lipinski definition) is 0. The Kier molecular flexibility index (Phi) is 2.59. The molecule has 0 saturated heterocycles. The Morgan fingerprint density at radius 3 is 2.62 bits per heavy atom. The lowest BCUT2D eigenvalue weighted by atomic mass is 9.79. The number of rotatable bonds is 2. The standard InChI is InChI=1S/C12H15Cl/c1-2-9-6-11(8-12(13)7-9)10-4-3-5-10/h6-8,10H,2-5H2,1H3. The van der Waals surface area contributed by atoms with Gasteiger partial charge in [-0.1, -0.05) is 31.0 Å². The minimum Gasteiger partial charge on any atom is -0.0843 e. The van der Waals surface area contributed by atoms with Crippen LogP contribution in [-0.4, -0.2) is 0 Å². The van der Waals surface area contributed by atoms with Crippen LogP contribution in [0.5, 0.6) is 0 Å². The van der Waals surface area contributed by atoms with Gasteiger partial charge in [-0.15, -0.1) is 0 Å². The van der Waals surface area contributed by atoms with E-state index in [4.69, 9.17) is 11.6 Å². The highest BCUT2D eigenvalue weighted by molar-refractivity contribution is 6.30. The summed E-state index contributed by atoms with van der Waals surface area (Å²) >= 11 is 6.05. The third-order valence-corrected chi connectivity index (χ3v) is 3.18. The van der Waals surface area contributed by atoms with Crippen molar-refractivity contribution < 1.29 is 0 Å². The van der Waals surface area contributed by atoms with Crippen molar-refractivity contribution >= 4 is 11.6 Å². The second-order valence-electron chi connectivity index (χ2n) is 3.87. The third kappa shape index (κ3) is 1.88. The first kappa shape index (κ1) is 9.08. The molecule has 1 fully saturated rings. The van der Waals surface area contributed by atoms with Crippen LogP contribution >= 0.6 is 11.6 Å². The molecule has 0 N–H and O–H groups in total. The summed E-state index contributed by atoms with van der Waals surface area (Å²) in [5.74, 6) is 0.795. The van der Waals surface area contributed by atoms with Gasteiger partial charge in [0.15, 0.2) is 0 Å². The van der Waals surface area contributed by atoms with Gasteiger partial charge in [-0.2, -0.15) is 0 Å². The predicted octanol–water partition coefficient (Wildman–Crippen LogP) is 4.17. The highest BCUT2D eigenvalue weighted by atomic mass is 35.5. The molecule has 0 radical (unpaired) electrons. The average molecular weight is 195 g/mol. The van der Waals surface area contributed by atoms with Gasteiger partial charge < -0.3 is 0 Å². The Morgan fingerprint density at radius 2 is 2.08 bits per heavy atom. The van der Waals surface area contributed by atoms with E-state index in [1.54, 1.807) is 0 Å². The maximum Gasteiger partial charge on any atom is 0.0411 e. The van der Waals surface area contributed by atoms with Crippen molar-refractivity contribution in [2.45, 2.75) is 38.5 Å². The molecule has 0 aromatic heterocycles. The van der Waals surface area contributed by atoms with Gasteiger partial charge in [-0.05, 0) is 48.4 Å². The van der Waals surface area contributed by atoms with Crippen LogP contribution in [0.2, 0.25) is 5.02 Å². The van der Waals surface area contributed by atoms with Gasteiger partial charge in [-0.3, -0.25) is 0 Å². The van der Waals surface area contributed by atoms with E-state index in [2.05, 4.69) is 25.1 Å². The molecule has 1 saturated carbocycles. The van der Waals surface area contributed by atoms with E-state index < -0.39 is 0 Å². The van der Waals surface area contributed by atoms with Crippen molar-refractivity contribution in [2.75, 3.05) is 0 Å². The zero-order valence-electron chi connectivity index (χ0n) is 8.02. The molecule has 2 rings (SSSR count). The van der Waals surface area contributed by atoms with Crippen molar-refractivity contribution in [3.63, 3.8) is 0 Å². The Hall–Kier alpha value is -0.490. The Morgan fingerprint density at radius 1 is 1.31 bits per heavy atom. The summed E-state index contributed by atoms with van der Waals surface area (Å²) in [5.41, 5.74) is 2.82. The highest BCUT2D eigenvalue weighted by Gasteiger charge is 2.19. The lowest BCUT2D eigenvalue weighted by Gasteiger charge is -2.26. The van der Waals surface area contributed by atoms with Gasteiger partial charge in [0.2, 0.25) is 0 Å². The molecule has 0 heterocycles. The third-order valence-electron chi connectivity index (χ3n) is 2.96. The van der Waals surface area contributed by atoms with E-state index in [1.807, 2.05) is 0 Å². The number of halogens is 1. The molecule has 1 heteroatoms. The Balaban J connectivity index is 2.28. The van der Waals surface area contributed by atoms with E-state index in [9.17, 15) is 0 Å². The molecule has 0 atom stereocenters. The van der Waals surface area contributed by atoms with Gasteiger partial charge in [0.25, 0.3) is 0 Å².